The average molecular weight is 305 g/mol. The number of carbonyl (C=O) groups is 2. The first-order valence-corrected chi connectivity index (χ1v) is 7.80. The Morgan fingerprint density at radius 2 is 1.55 bits per heavy atom. The lowest BCUT2D eigenvalue weighted by atomic mass is 9.85. The molecule has 0 saturated heterocycles. The van der Waals surface area contributed by atoms with E-state index in [0.29, 0.717) is 5.56 Å². The van der Waals surface area contributed by atoms with E-state index in [1.807, 2.05) is 39.8 Å². The lowest BCUT2D eigenvalue weighted by molar-refractivity contribution is -0.147. The number of rotatable bonds is 6. The minimum absolute atomic E-state index is 0.215. The van der Waals surface area contributed by atoms with Gasteiger partial charge < -0.3 is 10.5 Å². The summed E-state index contributed by atoms with van der Waals surface area (Å²) in [4.78, 5) is 24.1. The van der Waals surface area contributed by atoms with Gasteiger partial charge in [0.2, 0.25) is 0 Å². The third-order valence-electron chi connectivity index (χ3n) is 3.77. The van der Waals surface area contributed by atoms with E-state index in [0.717, 1.165) is 16.8 Å². The van der Waals surface area contributed by atoms with Crippen molar-refractivity contribution in [1.29, 1.82) is 0 Å². The number of hydrogen-bond donors (Lipinski definition) is 1. The largest absolute Gasteiger partial charge is 0.465 e. The third kappa shape index (κ3) is 3.87. The molecule has 0 aliphatic heterocycles. The van der Waals surface area contributed by atoms with Crippen LogP contribution in [0.3, 0.4) is 0 Å². The van der Waals surface area contributed by atoms with E-state index in [2.05, 4.69) is 0 Å². The van der Waals surface area contributed by atoms with Crippen LogP contribution in [-0.2, 0) is 14.3 Å². The Morgan fingerprint density at radius 1 is 1.09 bits per heavy atom. The minimum atomic E-state index is -0.879. The van der Waals surface area contributed by atoms with Crippen LogP contribution in [0.15, 0.2) is 12.1 Å². The van der Waals surface area contributed by atoms with Crippen LogP contribution in [0.4, 0.5) is 5.69 Å². The molecule has 0 amide bonds. The van der Waals surface area contributed by atoms with Crippen molar-refractivity contribution in [3.8, 4) is 0 Å². The summed E-state index contributed by atoms with van der Waals surface area (Å²) in [6.07, 6.45) is 0. The molecule has 122 valence electrons. The van der Waals surface area contributed by atoms with Crippen LogP contribution in [0.25, 0.3) is 0 Å². The number of esters is 1. The molecular formula is C18H27NO3. The smallest absolute Gasteiger partial charge is 0.320 e. The molecule has 0 radical (unpaired) electrons. The molecular weight excluding hydrogens is 278 g/mol. The first-order chi connectivity index (χ1) is 10.2. The summed E-state index contributed by atoms with van der Waals surface area (Å²) in [5.74, 6) is -1.16. The Morgan fingerprint density at radius 3 is 1.86 bits per heavy atom. The molecule has 0 bridgehead atoms. The number of carbonyl (C=O) groups excluding carboxylic acids is 2. The van der Waals surface area contributed by atoms with Crippen LogP contribution in [0, 0.1) is 0 Å². The first-order valence-electron chi connectivity index (χ1n) is 7.80. The van der Waals surface area contributed by atoms with Gasteiger partial charge in [-0.15, -0.1) is 0 Å². The van der Waals surface area contributed by atoms with Crippen LogP contribution >= 0.6 is 0 Å². The fourth-order valence-corrected chi connectivity index (χ4v) is 2.61. The van der Waals surface area contributed by atoms with E-state index in [4.69, 9.17) is 10.5 Å². The van der Waals surface area contributed by atoms with E-state index in [9.17, 15) is 9.59 Å². The number of ether oxygens (including phenoxy) is 1. The summed E-state index contributed by atoms with van der Waals surface area (Å²) in [5, 5.41) is 0. The molecule has 1 rings (SSSR count). The van der Waals surface area contributed by atoms with Gasteiger partial charge in [0.15, 0.2) is 0 Å². The van der Waals surface area contributed by atoms with Crippen LogP contribution in [0.5, 0.6) is 0 Å². The average Bonchev–Trinajstić information content (AvgIpc) is 2.39. The van der Waals surface area contributed by atoms with Crippen molar-refractivity contribution < 1.29 is 14.3 Å². The van der Waals surface area contributed by atoms with Gasteiger partial charge in [-0.3, -0.25) is 9.59 Å². The highest BCUT2D eigenvalue weighted by Crippen LogP contribution is 2.34. The van der Waals surface area contributed by atoms with Crippen molar-refractivity contribution in [1.82, 2.24) is 0 Å². The van der Waals surface area contributed by atoms with Gasteiger partial charge >= 0.3 is 5.97 Å². The second kappa shape index (κ2) is 7.43. The van der Waals surface area contributed by atoms with Gasteiger partial charge in [0, 0.05) is 5.69 Å². The van der Waals surface area contributed by atoms with Crippen LogP contribution in [-0.4, -0.2) is 18.4 Å². The summed E-state index contributed by atoms with van der Waals surface area (Å²) in [6.45, 7) is 11.6. The van der Waals surface area contributed by atoms with Gasteiger partial charge in [0.1, 0.15) is 11.7 Å². The number of nitrogens with two attached hydrogens (primary N) is 1. The Hall–Kier alpha value is -1.84. The topological polar surface area (TPSA) is 69.4 Å². The van der Waals surface area contributed by atoms with Gasteiger partial charge in [0.05, 0.1) is 6.61 Å². The van der Waals surface area contributed by atoms with Gasteiger partial charge in [-0.2, -0.15) is 0 Å². The zero-order valence-electron chi connectivity index (χ0n) is 14.4. The van der Waals surface area contributed by atoms with E-state index in [1.54, 1.807) is 6.92 Å². The summed E-state index contributed by atoms with van der Waals surface area (Å²) in [7, 11) is 0. The second-order valence-electron chi connectivity index (χ2n) is 6.22. The first kappa shape index (κ1) is 18.2. The van der Waals surface area contributed by atoms with Crippen molar-refractivity contribution in [2.75, 3.05) is 12.3 Å². The highest BCUT2D eigenvalue weighted by atomic mass is 16.5. The lowest BCUT2D eigenvalue weighted by Crippen LogP contribution is -2.23. The molecule has 4 heteroatoms. The molecule has 0 fully saturated rings. The van der Waals surface area contributed by atoms with Crippen LogP contribution in [0.1, 0.15) is 76.0 Å². The number of ketones is 1. The molecule has 4 nitrogen and oxygen atoms in total. The molecule has 1 aromatic rings. The summed E-state index contributed by atoms with van der Waals surface area (Å²) < 4.78 is 5.06. The quantitative estimate of drug-likeness (QED) is 0.493. The number of benzene rings is 1. The highest BCUT2D eigenvalue weighted by molar-refractivity contribution is 6.03. The Labute approximate surface area is 133 Å². The van der Waals surface area contributed by atoms with Crippen molar-refractivity contribution in [2.24, 2.45) is 0 Å². The van der Waals surface area contributed by atoms with Gasteiger partial charge in [-0.1, -0.05) is 39.8 Å². The van der Waals surface area contributed by atoms with E-state index in [1.165, 1.54) is 6.92 Å². The SMILES string of the molecule is CCOC(=O)C(C(C)=O)c1cc(C(C)C)c(N)c(C(C)C)c1. The van der Waals surface area contributed by atoms with Crippen molar-refractivity contribution in [2.45, 2.75) is 59.3 Å². The fraction of sp³-hybridized carbons (Fsp3) is 0.556. The van der Waals surface area contributed by atoms with Crippen molar-refractivity contribution in [3.63, 3.8) is 0 Å². The molecule has 2 N–H and O–H groups in total. The molecule has 1 aromatic carbocycles. The van der Waals surface area contributed by atoms with Gasteiger partial charge in [0.25, 0.3) is 0 Å². The Bertz CT molecular complexity index is 532. The molecule has 0 aliphatic rings. The second-order valence-corrected chi connectivity index (χ2v) is 6.22. The lowest BCUT2D eigenvalue weighted by Gasteiger charge is -2.21. The zero-order valence-corrected chi connectivity index (χ0v) is 14.4. The number of nitrogen functional groups attached to an aromatic ring is 1. The number of Topliss-reactive ketones (excluding diaryl/α,β-unsaturated/α-hetero) is 1. The van der Waals surface area contributed by atoms with Gasteiger partial charge in [-0.25, -0.2) is 0 Å². The molecule has 22 heavy (non-hydrogen) atoms. The maximum Gasteiger partial charge on any atom is 0.320 e. The molecule has 1 unspecified atom stereocenters. The molecule has 0 heterocycles. The summed E-state index contributed by atoms with van der Waals surface area (Å²) in [5.41, 5.74) is 9.63. The van der Waals surface area contributed by atoms with Crippen molar-refractivity contribution in [3.05, 3.63) is 28.8 Å². The van der Waals surface area contributed by atoms with Gasteiger partial charge in [-0.05, 0) is 42.4 Å². The molecule has 0 saturated carbocycles. The van der Waals surface area contributed by atoms with Crippen molar-refractivity contribution >= 4 is 17.4 Å². The number of anilines is 1. The summed E-state index contributed by atoms with van der Waals surface area (Å²) in [6, 6.07) is 3.74. The highest BCUT2D eigenvalue weighted by Gasteiger charge is 2.28. The normalized spacial score (nSPS) is 12.5. The van der Waals surface area contributed by atoms with E-state index < -0.39 is 11.9 Å². The van der Waals surface area contributed by atoms with E-state index in [-0.39, 0.29) is 24.2 Å². The zero-order chi connectivity index (χ0) is 17.0. The molecule has 1 atom stereocenters. The third-order valence-corrected chi connectivity index (χ3v) is 3.77. The summed E-state index contributed by atoms with van der Waals surface area (Å²) >= 11 is 0. The van der Waals surface area contributed by atoms with E-state index >= 15 is 0 Å². The monoisotopic (exact) mass is 305 g/mol. The maximum atomic E-state index is 12.2. The minimum Gasteiger partial charge on any atom is -0.465 e. The predicted molar refractivity (Wildman–Crippen MR) is 89.1 cm³/mol. The standard InChI is InChI=1S/C18H27NO3/c1-7-22-18(21)16(12(6)20)13-8-14(10(2)3)17(19)15(9-13)11(4)5/h8-11,16H,7,19H2,1-6H3. The Kier molecular flexibility index (Phi) is 6.15. The molecule has 0 spiro atoms. The Balaban J connectivity index is 3.49. The molecule has 0 aliphatic carbocycles. The number of hydrogen-bond acceptors (Lipinski definition) is 4. The predicted octanol–water partition coefficient (Wildman–Crippen LogP) is 3.75. The maximum absolute atomic E-state index is 12.2. The fourth-order valence-electron chi connectivity index (χ4n) is 2.61. The molecule has 0 aromatic heterocycles. The van der Waals surface area contributed by atoms with Crippen LogP contribution < -0.4 is 5.73 Å². The van der Waals surface area contributed by atoms with Crippen LogP contribution in [0.2, 0.25) is 0 Å².